The maximum atomic E-state index is 11.6. The number of ether oxygens (including phenoxy) is 1. The summed E-state index contributed by atoms with van der Waals surface area (Å²) in [6, 6.07) is 0. The third kappa shape index (κ3) is 14.8. The van der Waals surface area contributed by atoms with Crippen LogP contribution in [0.1, 0.15) is 64.7 Å². The number of aliphatic hydroxyl groups is 1. The Morgan fingerprint density at radius 1 is 0.893 bits per heavy atom. The Morgan fingerprint density at radius 2 is 1.36 bits per heavy atom. The van der Waals surface area contributed by atoms with Gasteiger partial charge in [0, 0.05) is 18.8 Å². The SMILES string of the molecule is CCCCCCCCCC(=O)OC(C(=O)[O-])C(O)(CC(=O)[O-])C(=O)[O-].[Na+].[Na+].[Na+]. The second kappa shape index (κ2) is 19.8. The van der Waals surface area contributed by atoms with Gasteiger partial charge in [0.25, 0.3) is 0 Å². The molecule has 0 fully saturated rings. The molecule has 0 saturated heterocycles. The van der Waals surface area contributed by atoms with Crippen molar-refractivity contribution in [3.63, 3.8) is 0 Å². The molecule has 0 aromatic carbocycles. The molecule has 0 aliphatic heterocycles. The summed E-state index contributed by atoms with van der Waals surface area (Å²) >= 11 is 0. The molecule has 12 heteroatoms. The Labute approximate surface area is 230 Å². The van der Waals surface area contributed by atoms with Crippen molar-refractivity contribution in [2.24, 2.45) is 0 Å². The van der Waals surface area contributed by atoms with E-state index in [0.29, 0.717) is 12.8 Å². The molecule has 2 atom stereocenters. The number of carboxylic acid groups (broad SMARTS) is 3. The van der Waals surface area contributed by atoms with Crippen LogP contribution in [0, 0.1) is 0 Å². The average Bonchev–Trinajstić information content (AvgIpc) is 2.50. The van der Waals surface area contributed by atoms with E-state index in [2.05, 4.69) is 11.7 Å². The molecular weight excluding hydrogens is 405 g/mol. The first kappa shape index (κ1) is 36.2. The first-order valence-corrected chi connectivity index (χ1v) is 8.19. The molecule has 0 saturated carbocycles. The van der Waals surface area contributed by atoms with Gasteiger partial charge >= 0.3 is 94.6 Å². The number of unbranched alkanes of at least 4 members (excludes halogenated alkanes) is 6. The molecular formula is C16H23Na3O9. The second-order valence-electron chi connectivity index (χ2n) is 5.82. The molecule has 28 heavy (non-hydrogen) atoms. The fourth-order valence-electron chi connectivity index (χ4n) is 2.25. The minimum absolute atomic E-state index is 0. The van der Waals surface area contributed by atoms with Crippen LogP contribution in [0.5, 0.6) is 0 Å². The molecule has 0 aliphatic rings. The molecule has 0 radical (unpaired) electrons. The summed E-state index contributed by atoms with van der Waals surface area (Å²) in [5.74, 6) is -7.81. The van der Waals surface area contributed by atoms with Gasteiger partial charge in [0.1, 0.15) is 0 Å². The number of esters is 1. The third-order valence-corrected chi connectivity index (χ3v) is 3.65. The average molecular weight is 428 g/mol. The van der Waals surface area contributed by atoms with Gasteiger partial charge in [-0.1, -0.05) is 45.4 Å². The zero-order valence-electron chi connectivity index (χ0n) is 17.2. The van der Waals surface area contributed by atoms with Gasteiger partial charge in [0.05, 0.1) is 11.9 Å². The van der Waals surface area contributed by atoms with Crippen LogP contribution in [0.2, 0.25) is 0 Å². The number of carbonyl (C=O) groups is 4. The summed E-state index contributed by atoms with van der Waals surface area (Å²) in [5, 5.41) is 42.2. The van der Waals surface area contributed by atoms with E-state index in [-0.39, 0.29) is 95.1 Å². The van der Waals surface area contributed by atoms with Crippen LogP contribution in [0.3, 0.4) is 0 Å². The van der Waals surface area contributed by atoms with Gasteiger partial charge in [-0.25, -0.2) is 0 Å². The maximum Gasteiger partial charge on any atom is 1.00 e. The minimum atomic E-state index is -3.48. The molecule has 0 aliphatic carbocycles. The van der Waals surface area contributed by atoms with E-state index in [1.807, 2.05) is 0 Å². The number of rotatable bonds is 14. The van der Waals surface area contributed by atoms with Crippen LogP contribution < -0.4 is 104 Å². The summed E-state index contributed by atoms with van der Waals surface area (Å²) in [7, 11) is 0. The summed E-state index contributed by atoms with van der Waals surface area (Å²) in [6.07, 6.45) is 1.71. The zero-order valence-corrected chi connectivity index (χ0v) is 23.2. The van der Waals surface area contributed by atoms with Crippen molar-refractivity contribution >= 4 is 23.9 Å². The summed E-state index contributed by atoms with van der Waals surface area (Å²) < 4.78 is 4.42. The molecule has 0 rings (SSSR count). The Morgan fingerprint density at radius 3 is 1.75 bits per heavy atom. The van der Waals surface area contributed by atoms with Crippen molar-refractivity contribution < 1.29 is 133 Å². The van der Waals surface area contributed by atoms with Crippen LogP contribution in [-0.4, -0.2) is 40.7 Å². The molecule has 2 unspecified atom stereocenters. The topological polar surface area (TPSA) is 167 Å². The number of carboxylic acids is 3. The largest absolute Gasteiger partial charge is 1.00 e. The number of aliphatic carboxylic acids is 3. The van der Waals surface area contributed by atoms with Crippen LogP contribution in [0.15, 0.2) is 0 Å². The fourth-order valence-corrected chi connectivity index (χ4v) is 2.25. The Kier molecular flexibility index (Phi) is 25.6. The Balaban J connectivity index is -0.000000960. The van der Waals surface area contributed by atoms with Crippen molar-refractivity contribution in [2.45, 2.75) is 76.4 Å². The van der Waals surface area contributed by atoms with E-state index in [0.717, 1.165) is 32.1 Å². The molecule has 0 aromatic rings. The molecule has 0 bridgehead atoms. The molecule has 9 nitrogen and oxygen atoms in total. The zero-order chi connectivity index (χ0) is 19.5. The van der Waals surface area contributed by atoms with E-state index >= 15 is 0 Å². The van der Waals surface area contributed by atoms with Crippen molar-refractivity contribution in [1.82, 2.24) is 0 Å². The van der Waals surface area contributed by atoms with Crippen molar-refractivity contribution in [3.05, 3.63) is 0 Å². The van der Waals surface area contributed by atoms with Gasteiger partial charge in [-0.15, -0.1) is 0 Å². The number of hydrogen-bond acceptors (Lipinski definition) is 9. The Bertz CT molecular complexity index is 488. The molecule has 144 valence electrons. The maximum absolute atomic E-state index is 11.6. The molecule has 0 amide bonds. The molecule has 0 aromatic heterocycles. The summed E-state index contributed by atoms with van der Waals surface area (Å²) in [6.45, 7) is 2.08. The van der Waals surface area contributed by atoms with Gasteiger partial charge in [0.15, 0.2) is 11.7 Å². The predicted octanol–water partition coefficient (Wildman–Crippen LogP) is -11.6. The van der Waals surface area contributed by atoms with Crippen LogP contribution in [-0.2, 0) is 23.9 Å². The smallest absolute Gasteiger partial charge is 0.550 e. The van der Waals surface area contributed by atoms with E-state index < -0.39 is 42.0 Å². The normalized spacial score (nSPS) is 12.8. The number of carbonyl (C=O) groups excluding carboxylic acids is 4. The molecule has 0 spiro atoms. The predicted molar refractivity (Wildman–Crippen MR) is 77.1 cm³/mol. The van der Waals surface area contributed by atoms with E-state index in [9.17, 15) is 39.6 Å². The van der Waals surface area contributed by atoms with Crippen molar-refractivity contribution in [1.29, 1.82) is 0 Å². The molecule has 0 heterocycles. The standard InChI is InChI=1S/C16H26O9.3Na/c1-2-3-4-5-6-7-8-9-12(19)25-13(14(20)21)16(24,15(22)23)10-11(17)18;;;/h13,24H,2-10H2,1H3,(H,17,18)(H,20,21)(H,22,23);;;/q;3*+1/p-3. The van der Waals surface area contributed by atoms with Gasteiger partial charge in [-0.3, -0.25) is 4.79 Å². The van der Waals surface area contributed by atoms with Gasteiger partial charge < -0.3 is 39.5 Å². The summed E-state index contributed by atoms with van der Waals surface area (Å²) in [4.78, 5) is 44.1. The quantitative estimate of drug-likeness (QED) is 0.160. The van der Waals surface area contributed by atoms with Gasteiger partial charge in [-0.05, 0) is 6.42 Å². The van der Waals surface area contributed by atoms with Crippen LogP contribution in [0.4, 0.5) is 0 Å². The van der Waals surface area contributed by atoms with E-state index in [4.69, 9.17) is 0 Å². The monoisotopic (exact) mass is 428 g/mol. The van der Waals surface area contributed by atoms with E-state index in [1.54, 1.807) is 0 Å². The van der Waals surface area contributed by atoms with Crippen molar-refractivity contribution in [2.75, 3.05) is 0 Å². The van der Waals surface area contributed by atoms with Crippen molar-refractivity contribution in [3.8, 4) is 0 Å². The van der Waals surface area contributed by atoms with Gasteiger partial charge in [0.2, 0.25) is 0 Å². The summed E-state index contributed by atoms with van der Waals surface area (Å²) in [5.41, 5.74) is -3.48. The van der Waals surface area contributed by atoms with Crippen LogP contribution in [0.25, 0.3) is 0 Å². The van der Waals surface area contributed by atoms with Gasteiger partial charge in [-0.2, -0.15) is 0 Å². The first-order chi connectivity index (χ1) is 11.6. The molecule has 1 N–H and O–H groups in total. The number of hydrogen-bond donors (Lipinski definition) is 1. The first-order valence-electron chi connectivity index (χ1n) is 8.19. The van der Waals surface area contributed by atoms with Crippen LogP contribution >= 0.6 is 0 Å². The minimum Gasteiger partial charge on any atom is -0.550 e. The fraction of sp³-hybridized carbons (Fsp3) is 0.750. The Hall–Kier alpha value is 0.840. The third-order valence-electron chi connectivity index (χ3n) is 3.65. The van der Waals surface area contributed by atoms with E-state index in [1.165, 1.54) is 0 Å². The second-order valence-corrected chi connectivity index (χ2v) is 5.82.